The topological polar surface area (TPSA) is 63.3 Å². The van der Waals surface area contributed by atoms with Crippen molar-refractivity contribution in [2.24, 2.45) is 0 Å². The Morgan fingerprint density at radius 2 is 2.07 bits per heavy atom. The smallest absolute Gasteiger partial charge is 0.335 e. The second kappa shape index (κ2) is 3.93. The second-order valence-corrected chi connectivity index (χ2v) is 4.34. The van der Waals surface area contributed by atoms with Crippen molar-refractivity contribution in [3.8, 4) is 0 Å². The number of hydrogen-bond donors (Lipinski definition) is 2. The van der Waals surface area contributed by atoms with Crippen LogP contribution >= 0.6 is 0 Å². The Hall–Kier alpha value is -1.51. The van der Waals surface area contributed by atoms with Gasteiger partial charge in [-0.25, -0.2) is 4.79 Å². The molecule has 0 fully saturated rings. The molecule has 1 aromatic carbocycles. The molecule has 0 spiro atoms. The molecule has 0 aliphatic rings. The number of rotatable bonds is 3. The monoisotopic (exact) mass is 207 g/mol. The van der Waals surface area contributed by atoms with Crippen LogP contribution in [0, 0.1) is 0 Å². The summed E-state index contributed by atoms with van der Waals surface area (Å²) >= 11 is 0. The molecule has 3 N–H and O–H groups in total. The van der Waals surface area contributed by atoms with Crippen molar-refractivity contribution in [2.45, 2.75) is 32.6 Å². The summed E-state index contributed by atoms with van der Waals surface area (Å²) in [5.41, 5.74) is 7.65. The number of carboxylic acid groups (broad SMARTS) is 1. The van der Waals surface area contributed by atoms with Crippen LogP contribution < -0.4 is 5.73 Å². The van der Waals surface area contributed by atoms with Gasteiger partial charge in [0.2, 0.25) is 0 Å². The summed E-state index contributed by atoms with van der Waals surface area (Å²) in [6.45, 7) is 6.28. The van der Waals surface area contributed by atoms with Gasteiger partial charge in [0.05, 0.1) is 5.56 Å². The number of carboxylic acids is 1. The fourth-order valence-electron chi connectivity index (χ4n) is 1.50. The van der Waals surface area contributed by atoms with Gasteiger partial charge in [-0.1, -0.05) is 26.8 Å². The number of anilines is 1. The lowest BCUT2D eigenvalue weighted by Gasteiger charge is -2.25. The van der Waals surface area contributed by atoms with Crippen molar-refractivity contribution in [1.82, 2.24) is 0 Å². The van der Waals surface area contributed by atoms with Crippen molar-refractivity contribution >= 4 is 11.7 Å². The molecule has 3 nitrogen and oxygen atoms in total. The van der Waals surface area contributed by atoms with Crippen molar-refractivity contribution in [3.05, 3.63) is 29.3 Å². The number of carbonyl (C=O) groups is 1. The fraction of sp³-hybridized carbons (Fsp3) is 0.417. The van der Waals surface area contributed by atoms with Gasteiger partial charge in [-0.3, -0.25) is 0 Å². The van der Waals surface area contributed by atoms with E-state index in [4.69, 9.17) is 10.8 Å². The summed E-state index contributed by atoms with van der Waals surface area (Å²) in [4.78, 5) is 10.7. The van der Waals surface area contributed by atoms with Crippen molar-refractivity contribution < 1.29 is 9.90 Å². The second-order valence-electron chi connectivity index (χ2n) is 4.34. The first-order chi connectivity index (χ1) is 6.88. The molecule has 15 heavy (non-hydrogen) atoms. The van der Waals surface area contributed by atoms with Crippen LogP contribution in [0.4, 0.5) is 5.69 Å². The first kappa shape index (κ1) is 11.6. The Labute approximate surface area is 89.9 Å². The highest BCUT2D eigenvalue weighted by Gasteiger charge is 2.21. The highest BCUT2D eigenvalue weighted by Crippen LogP contribution is 2.31. The molecule has 0 saturated heterocycles. The highest BCUT2D eigenvalue weighted by atomic mass is 16.4. The first-order valence-electron chi connectivity index (χ1n) is 5.02. The van der Waals surface area contributed by atoms with E-state index >= 15 is 0 Å². The van der Waals surface area contributed by atoms with Gasteiger partial charge in [0.1, 0.15) is 0 Å². The van der Waals surface area contributed by atoms with Crippen LogP contribution in [0.3, 0.4) is 0 Å². The Balaban J connectivity index is 3.19. The Kier molecular flexibility index (Phi) is 3.03. The molecule has 0 heterocycles. The van der Waals surface area contributed by atoms with E-state index in [1.165, 1.54) is 6.07 Å². The molecule has 0 aliphatic heterocycles. The largest absolute Gasteiger partial charge is 0.478 e. The zero-order valence-corrected chi connectivity index (χ0v) is 9.37. The third-order valence-corrected chi connectivity index (χ3v) is 2.91. The normalized spacial score (nSPS) is 11.4. The molecular weight excluding hydrogens is 190 g/mol. The van der Waals surface area contributed by atoms with Crippen LogP contribution in [0.5, 0.6) is 0 Å². The van der Waals surface area contributed by atoms with Crippen LogP contribution in [0.2, 0.25) is 0 Å². The number of aromatic carboxylic acids is 1. The minimum atomic E-state index is -0.942. The molecule has 1 rings (SSSR count). The molecule has 0 unspecified atom stereocenters. The molecule has 0 bridgehead atoms. The third kappa shape index (κ3) is 2.29. The lowest BCUT2D eigenvalue weighted by Crippen LogP contribution is -2.18. The quantitative estimate of drug-likeness (QED) is 0.749. The number of benzene rings is 1. The maximum Gasteiger partial charge on any atom is 0.335 e. The van der Waals surface area contributed by atoms with Gasteiger partial charge in [0.25, 0.3) is 0 Å². The summed E-state index contributed by atoms with van der Waals surface area (Å²) in [7, 11) is 0. The maximum absolute atomic E-state index is 10.7. The molecule has 0 atom stereocenters. The zero-order chi connectivity index (χ0) is 11.6. The van der Waals surface area contributed by atoms with Gasteiger partial charge in [-0.15, -0.1) is 0 Å². The van der Waals surface area contributed by atoms with Crippen LogP contribution in [0.15, 0.2) is 18.2 Å². The Bertz CT molecular complexity index is 383. The molecule has 0 aliphatic carbocycles. The van der Waals surface area contributed by atoms with E-state index < -0.39 is 5.97 Å². The van der Waals surface area contributed by atoms with E-state index in [0.29, 0.717) is 5.69 Å². The predicted octanol–water partition coefficient (Wildman–Crippen LogP) is 2.65. The Morgan fingerprint density at radius 1 is 1.47 bits per heavy atom. The summed E-state index contributed by atoms with van der Waals surface area (Å²) in [5.74, 6) is -0.942. The van der Waals surface area contributed by atoms with Gasteiger partial charge < -0.3 is 10.8 Å². The van der Waals surface area contributed by atoms with Gasteiger partial charge in [0, 0.05) is 5.69 Å². The molecule has 0 aromatic heterocycles. The molecule has 0 amide bonds. The lowest BCUT2D eigenvalue weighted by atomic mass is 9.81. The third-order valence-electron chi connectivity index (χ3n) is 2.91. The predicted molar refractivity (Wildman–Crippen MR) is 61.1 cm³/mol. The van der Waals surface area contributed by atoms with Crippen molar-refractivity contribution in [1.29, 1.82) is 0 Å². The van der Waals surface area contributed by atoms with E-state index in [0.717, 1.165) is 12.0 Å². The number of nitrogen functional groups attached to an aromatic ring is 1. The van der Waals surface area contributed by atoms with E-state index in [2.05, 4.69) is 20.8 Å². The van der Waals surface area contributed by atoms with Gasteiger partial charge in [0.15, 0.2) is 0 Å². The fourth-order valence-corrected chi connectivity index (χ4v) is 1.50. The molecule has 1 aromatic rings. The lowest BCUT2D eigenvalue weighted by molar-refractivity contribution is 0.0697. The van der Waals surface area contributed by atoms with Crippen LogP contribution in [-0.2, 0) is 5.41 Å². The van der Waals surface area contributed by atoms with Crippen LogP contribution in [0.25, 0.3) is 0 Å². The van der Waals surface area contributed by atoms with Crippen molar-refractivity contribution in [3.63, 3.8) is 0 Å². The standard InChI is InChI=1S/C12H17NO2/c1-4-12(2,3)9-6-5-8(11(14)15)7-10(9)13/h5-7H,4,13H2,1-3H3,(H,14,15). The van der Waals surface area contributed by atoms with E-state index in [1.54, 1.807) is 6.07 Å². The molecule has 0 radical (unpaired) electrons. The summed E-state index contributed by atoms with van der Waals surface area (Å²) in [6.07, 6.45) is 0.962. The van der Waals surface area contributed by atoms with E-state index in [1.807, 2.05) is 6.07 Å². The summed E-state index contributed by atoms with van der Waals surface area (Å²) < 4.78 is 0. The van der Waals surface area contributed by atoms with Gasteiger partial charge >= 0.3 is 5.97 Å². The average molecular weight is 207 g/mol. The van der Waals surface area contributed by atoms with Crippen LogP contribution in [-0.4, -0.2) is 11.1 Å². The van der Waals surface area contributed by atoms with Gasteiger partial charge in [-0.05, 0) is 29.5 Å². The number of nitrogens with two attached hydrogens (primary N) is 1. The highest BCUT2D eigenvalue weighted by molar-refractivity contribution is 5.89. The summed E-state index contributed by atoms with van der Waals surface area (Å²) in [6, 6.07) is 4.93. The minimum absolute atomic E-state index is 0.0128. The maximum atomic E-state index is 10.7. The molecule has 0 saturated carbocycles. The molecule has 3 heteroatoms. The van der Waals surface area contributed by atoms with E-state index in [-0.39, 0.29) is 11.0 Å². The summed E-state index contributed by atoms with van der Waals surface area (Å²) in [5, 5.41) is 8.80. The molecular formula is C12H17NO2. The first-order valence-corrected chi connectivity index (χ1v) is 5.02. The van der Waals surface area contributed by atoms with E-state index in [9.17, 15) is 4.79 Å². The SMILES string of the molecule is CCC(C)(C)c1ccc(C(=O)O)cc1N. The number of hydrogen-bond acceptors (Lipinski definition) is 2. The average Bonchev–Trinajstić information content (AvgIpc) is 2.17. The Morgan fingerprint density at radius 3 is 2.47 bits per heavy atom. The van der Waals surface area contributed by atoms with Crippen LogP contribution in [0.1, 0.15) is 43.1 Å². The minimum Gasteiger partial charge on any atom is -0.478 e. The molecule has 82 valence electrons. The van der Waals surface area contributed by atoms with Gasteiger partial charge in [-0.2, -0.15) is 0 Å². The zero-order valence-electron chi connectivity index (χ0n) is 9.37. The van der Waals surface area contributed by atoms with Crippen molar-refractivity contribution in [2.75, 3.05) is 5.73 Å².